The molecule has 2 aliphatic heterocycles. The number of nitrogens with zero attached hydrogens (tertiary/aromatic N) is 2. The van der Waals surface area contributed by atoms with Crippen molar-refractivity contribution in [3.05, 3.63) is 0 Å². The fraction of sp³-hybridized carbons (Fsp3) is 0.800. The summed E-state index contributed by atoms with van der Waals surface area (Å²) < 4.78 is 11.8. The summed E-state index contributed by atoms with van der Waals surface area (Å²) in [5.41, 5.74) is 3.39. The summed E-state index contributed by atoms with van der Waals surface area (Å²) in [7, 11) is 0. The zero-order valence-electron chi connectivity index (χ0n) is 12.9. The maximum atomic E-state index is 9.97. The minimum absolute atomic E-state index is 0.145. The Morgan fingerprint density at radius 1 is 1.43 bits per heavy atom. The third kappa shape index (κ3) is 1.15. The summed E-state index contributed by atoms with van der Waals surface area (Å²) in [5.74, 6) is -0.673. The maximum absolute atomic E-state index is 9.97. The van der Waals surface area contributed by atoms with E-state index in [1.807, 2.05) is 13.8 Å². The summed E-state index contributed by atoms with van der Waals surface area (Å²) >= 11 is 0. The van der Waals surface area contributed by atoms with Crippen LogP contribution in [0.2, 0.25) is 0 Å². The number of nitrogens with two attached hydrogens (primary N) is 1. The van der Waals surface area contributed by atoms with Crippen molar-refractivity contribution >= 4 is 5.84 Å². The Balaban J connectivity index is 2.20. The van der Waals surface area contributed by atoms with Crippen LogP contribution in [0.3, 0.4) is 0 Å². The minimum Gasteiger partial charge on any atom is -0.311 e. The van der Waals surface area contributed by atoms with E-state index in [1.165, 1.54) is 0 Å². The molecule has 0 radical (unpaired) electrons. The normalized spacial score (nSPS) is 50.6. The molecule has 2 fully saturated rings. The van der Waals surface area contributed by atoms with Gasteiger partial charge in [-0.25, -0.2) is 4.99 Å². The van der Waals surface area contributed by atoms with E-state index in [-0.39, 0.29) is 6.10 Å². The first kappa shape index (κ1) is 14.3. The molecule has 3 rings (SSSR count). The van der Waals surface area contributed by atoms with Crippen molar-refractivity contribution in [2.75, 3.05) is 6.61 Å². The van der Waals surface area contributed by atoms with Gasteiger partial charge in [0, 0.05) is 5.41 Å². The molecule has 6 heteroatoms. The number of rotatable bonds is 2. The van der Waals surface area contributed by atoms with Gasteiger partial charge >= 0.3 is 5.91 Å². The monoisotopic (exact) mass is 289 g/mol. The molecule has 112 valence electrons. The van der Waals surface area contributed by atoms with E-state index in [2.05, 4.69) is 31.0 Å². The molecule has 2 heterocycles. The molecule has 0 aromatic heterocycles. The van der Waals surface area contributed by atoms with Crippen molar-refractivity contribution in [3.63, 3.8) is 0 Å². The Morgan fingerprint density at radius 3 is 2.52 bits per heavy atom. The lowest BCUT2D eigenvalue weighted by molar-refractivity contribution is -0.680. The highest BCUT2D eigenvalue weighted by Crippen LogP contribution is 2.84. The van der Waals surface area contributed by atoms with Crippen molar-refractivity contribution in [3.8, 4) is 12.1 Å². The molecule has 0 aromatic rings. The lowest BCUT2D eigenvalue weighted by Crippen LogP contribution is -2.90. The number of nitrogens with one attached hydrogen (secondary N) is 1. The lowest BCUT2D eigenvalue weighted by Gasteiger charge is -2.28. The third-order valence-electron chi connectivity index (χ3n) is 5.39. The number of hydrogen-bond acceptors (Lipinski definition) is 5. The number of hydrogen-bond donors (Lipinski definition) is 2. The Labute approximate surface area is 124 Å². The second-order valence-corrected chi connectivity index (χ2v) is 7.05. The predicted octanol–water partition coefficient (Wildman–Crippen LogP) is -0.387. The van der Waals surface area contributed by atoms with E-state index in [0.717, 1.165) is 0 Å². The molecule has 0 unspecified atom stereocenters. The molecule has 3 aliphatic rings. The summed E-state index contributed by atoms with van der Waals surface area (Å²) in [6.07, 6.45) is 0.563. The summed E-state index contributed by atoms with van der Waals surface area (Å²) in [5, 5.41) is 19.8. The van der Waals surface area contributed by atoms with E-state index >= 15 is 0 Å². The number of fused-ring (bicyclic) bond motifs is 2. The van der Waals surface area contributed by atoms with Gasteiger partial charge in [-0.3, -0.25) is 5.73 Å². The highest BCUT2D eigenvalue weighted by atomic mass is 16.8. The van der Waals surface area contributed by atoms with Gasteiger partial charge in [-0.2, -0.15) is 10.5 Å². The predicted molar refractivity (Wildman–Crippen MR) is 73.0 cm³/mol. The first-order valence-corrected chi connectivity index (χ1v) is 7.32. The average molecular weight is 289 g/mol. The Hall–Kier alpha value is -1.63. The fourth-order valence-corrected chi connectivity index (χ4v) is 4.78. The highest BCUT2D eigenvalue weighted by molar-refractivity contribution is 5.94. The van der Waals surface area contributed by atoms with Gasteiger partial charge in [0.1, 0.15) is 0 Å². The molecular formula is C15H21N4O2+. The van der Waals surface area contributed by atoms with Crippen LogP contribution >= 0.6 is 0 Å². The largest absolute Gasteiger partial charge is 0.343 e. The summed E-state index contributed by atoms with van der Waals surface area (Å²) in [4.78, 5) is 2.98. The fourth-order valence-electron chi connectivity index (χ4n) is 4.78. The van der Waals surface area contributed by atoms with Crippen LogP contribution in [-0.2, 0) is 9.47 Å². The molecule has 3 N–H and O–H groups in total. The Morgan fingerprint density at radius 2 is 2.10 bits per heavy atom. The smallest absolute Gasteiger partial charge is 0.311 e. The van der Waals surface area contributed by atoms with Crippen LogP contribution in [-0.4, -0.2) is 24.5 Å². The standard InChI is InChI=1S/C15H20N4O2/c1-9(2)5-12(4)13(7-16)11(18)19-15(14(12,13)8-17)20-6-10(3)21-15/h9-10H,5-6H2,1-4H3,(H2,18,19)/p+1/t10-,12-,13-,14+,15-/m0/s1. The van der Waals surface area contributed by atoms with Crippen LogP contribution in [0.5, 0.6) is 0 Å². The molecule has 1 saturated carbocycles. The maximum Gasteiger partial charge on any atom is 0.343 e. The number of ether oxygens (including phenoxy) is 2. The van der Waals surface area contributed by atoms with Crippen LogP contribution in [0.15, 0.2) is 0 Å². The Kier molecular flexibility index (Phi) is 2.57. The van der Waals surface area contributed by atoms with Crippen LogP contribution in [0.25, 0.3) is 0 Å². The first-order chi connectivity index (χ1) is 9.77. The van der Waals surface area contributed by atoms with Gasteiger partial charge in [-0.15, -0.1) is 0 Å². The van der Waals surface area contributed by atoms with E-state index < -0.39 is 22.2 Å². The van der Waals surface area contributed by atoms with E-state index in [1.54, 1.807) is 0 Å². The SMILES string of the molecule is CC(C)C[C@@]1(C)[C@]2(C#N)C(N)=[NH+][C@]3(OC[C@H](C)O3)[C@]12C#N. The van der Waals surface area contributed by atoms with Gasteiger partial charge < -0.3 is 9.47 Å². The van der Waals surface area contributed by atoms with Gasteiger partial charge in [0.25, 0.3) is 5.84 Å². The third-order valence-corrected chi connectivity index (χ3v) is 5.39. The number of amidine groups is 1. The van der Waals surface area contributed by atoms with Crippen LogP contribution in [0, 0.1) is 44.8 Å². The zero-order valence-corrected chi connectivity index (χ0v) is 12.9. The molecule has 1 saturated heterocycles. The van der Waals surface area contributed by atoms with E-state index in [4.69, 9.17) is 15.2 Å². The van der Waals surface area contributed by atoms with Crippen molar-refractivity contribution < 1.29 is 14.5 Å². The van der Waals surface area contributed by atoms with Crippen molar-refractivity contribution in [1.29, 1.82) is 10.5 Å². The van der Waals surface area contributed by atoms with Gasteiger partial charge in [0.2, 0.25) is 0 Å². The van der Waals surface area contributed by atoms with Gasteiger partial charge in [0.05, 0.1) is 24.8 Å². The number of nitriles is 2. The second kappa shape index (κ2) is 3.76. The van der Waals surface area contributed by atoms with Crippen molar-refractivity contribution in [2.45, 2.75) is 46.1 Å². The summed E-state index contributed by atoms with van der Waals surface area (Å²) in [6.45, 7) is 8.36. The first-order valence-electron chi connectivity index (χ1n) is 7.32. The zero-order chi connectivity index (χ0) is 15.7. The van der Waals surface area contributed by atoms with Crippen molar-refractivity contribution in [1.82, 2.24) is 0 Å². The lowest BCUT2D eigenvalue weighted by atomic mass is 9.84. The van der Waals surface area contributed by atoms with Gasteiger partial charge in [0.15, 0.2) is 10.8 Å². The molecule has 0 amide bonds. The van der Waals surface area contributed by atoms with Crippen LogP contribution in [0.1, 0.15) is 34.1 Å². The van der Waals surface area contributed by atoms with Crippen molar-refractivity contribution in [2.24, 2.45) is 27.9 Å². The van der Waals surface area contributed by atoms with E-state index in [0.29, 0.717) is 24.8 Å². The Bertz CT molecular complexity index is 618. The molecule has 0 bridgehead atoms. The molecule has 6 nitrogen and oxygen atoms in total. The van der Waals surface area contributed by atoms with Crippen LogP contribution < -0.4 is 10.7 Å². The molecular weight excluding hydrogens is 268 g/mol. The summed E-state index contributed by atoms with van der Waals surface area (Å²) in [6, 6.07) is 4.66. The molecule has 5 atom stereocenters. The highest BCUT2D eigenvalue weighted by Gasteiger charge is 3.02. The molecule has 1 spiro atoms. The topological polar surface area (TPSA) is 106 Å². The quantitative estimate of drug-likeness (QED) is 0.720. The average Bonchev–Trinajstić information content (AvgIpc) is 2.62. The van der Waals surface area contributed by atoms with Gasteiger partial charge in [-0.05, 0) is 19.3 Å². The minimum atomic E-state index is -1.30. The second-order valence-electron chi connectivity index (χ2n) is 7.05. The molecule has 21 heavy (non-hydrogen) atoms. The van der Waals surface area contributed by atoms with E-state index in [9.17, 15) is 10.5 Å². The molecule has 1 aliphatic carbocycles. The van der Waals surface area contributed by atoms with Gasteiger partial charge in [-0.1, -0.05) is 20.8 Å². The van der Waals surface area contributed by atoms with Crippen LogP contribution in [0.4, 0.5) is 0 Å². The molecule has 0 aromatic carbocycles.